The lowest BCUT2D eigenvalue weighted by atomic mass is 10.1. The highest BCUT2D eigenvalue weighted by Gasteiger charge is 2.09. The van der Waals surface area contributed by atoms with Gasteiger partial charge in [-0.05, 0) is 19.3 Å². The number of nitrogens with one attached hydrogen (secondary N) is 2. The Bertz CT molecular complexity index is 441. The molecular formula is C15H24N2O4. The Morgan fingerprint density at radius 3 is 2.24 bits per heavy atom. The number of anilines is 1. The van der Waals surface area contributed by atoms with Crippen molar-refractivity contribution in [1.29, 1.82) is 0 Å². The highest BCUT2D eigenvalue weighted by atomic mass is 16.5. The van der Waals surface area contributed by atoms with E-state index in [1.165, 1.54) is 0 Å². The first-order chi connectivity index (χ1) is 9.94. The van der Waals surface area contributed by atoms with Gasteiger partial charge < -0.3 is 25.2 Å². The van der Waals surface area contributed by atoms with Gasteiger partial charge in [-0.1, -0.05) is 6.92 Å². The van der Waals surface area contributed by atoms with Crippen LogP contribution in [0.3, 0.4) is 0 Å². The molecule has 0 fully saturated rings. The molecule has 0 heterocycles. The summed E-state index contributed by atoms with van der Waals surface area (Å²) in [5.74, 6) is 1.41. The number of amides is 2. The van der Waals surface area contributed by atoms with Gasteiger partial charge in [0, 0.05) is 30.4 Å². The summed E-state index contributed by atoms with van der Waals surface area (Å²) in [7, 11) is 3.10. The molecular weight excluding hydrogens is 272 g/mol. The number of carbonyl (C=O) groups is 1. The summed E-state index contributed by atoms with van der Waals surface area (Å²) >= 11 is 0. The monoisotopic (exact) mass is 296 g/mol. The van der Waals surface area contributed by atoms with Crippen LogP contribution in [0.2, 0.25) is 0 Å². The molecule has 0 unspecified atom stereocenters. The zero-order valence-corrected chi connectivity index (χ0v) is 13.0. The van der Waals surface area contributed by atoms with Gasteiger partial charge in [0.2, 0.25) is 0 Å². The van der Waals surface area contributed by atoms with Crippen LogP contribution in [0.1, 0.15) is 20.3 Å². The average molecular weight is 296 g/mol. The second-order valence-corrected chi connectivity index (χ2v) is 5.13. The standard InChI is InChI=1S/C15H24N2O4/c1-10(5-11(2)18)9-16-15(19)17-12-6-13(20-3)8-14(7-12)21-4/h6-8,10-11,18H,5,9H2,1-4H3,(H2,16,17,19)/t10-,11+/m0/s1. The average Bonchev–Trinajstić information content (AvgIpc) is 2.44. The van der Waals surface area contributed by atoms with Crippen LogP contribution in [0, 0.1) is 5.92 Å². The van der Waals surface area contributed by atoms with Crippen molar-refractivity contribution in [3.63, 3.8) is 0 Å². The van der Waals surface area contributed by atoms with Gasteiger partial charge in [-0.25, -0.2) is 4.79 Å². The van der Waals surface area contributed by atoms with Crippen molar-refractivity contribution in [2.75, 3.05) is 26.1 Å². The van der Waals surface area contributed by atoms with Crippen LogP contribution < -0.4 is 20.1 Å². The van der Waals surface area contributed by atoms with E-state index in [1.54, 1.807) is 39.3 Å². The lowest BCUT2D eigenvalue weighted by Gasteiger charge is -2.15. The molecule has 21 heavy (non-hydrogen) atoms. The minimum absolute atomic E-state index is 0.204. The summed E-state index contributed by atoms with van der Waals surface area (Å²) in [6, 6.07) is 4.85. The third kappa shape index (κ3) is 6.35. The molecule has 6 heteroatoms. The number of aliphatic hydroxyl groups excluding tert-OH is 1. The Hall–Kier alpha value is -1.95. The van der Waals surface area contributed by atoms with Gasteiger partial charge >= 0.3 is 6.03 Å². The van der Waals surface area contributed by atoms with Gasteiger partial charge in [-0.15, -0.1) is 0 Å². The molecule has 2 atom stereocenters. The summed E-state index contributed by atoms with van der Waals surface area (Å²) in [5, 5.41) is 14.8. The fourth-order valence-electron chi connectivity index (χ4n) is 1.99. The number of carbonyl (C=O) groups excluding carboxylic acids is 1. The largest absolute Gasteiger partial charge is 0.497 e. The van der Waals surface area contributed by atoms with Gasteiger partial charge in [-0.3, -0.25) is 0 Å². The van der Waals surface area contributed by atoms with E-state index in [0.717, 1.165) is 0 Å². The molecule has 0 bridgehead atoms. The first-order valence-electron chi connectivity index (χ1n) is 6.90. The lowest BCUT2D eigenvalue weighted by molar-refractivity contribution is 0.163. The maximum Gasteiger partial charge on any atom is 0.319 e. The summed E-state index contributed by atoms with van der Waals surface area (Å²) in [6.45, 7) is 4.21. The van der Waals surface area contributed by atoms with Crippen LogP contribution in [-0.2, 0) is 0 Å². The van der Waals surface area contributed by atoms with Gasteiger partial charge in [0.15, 0.2) is 0 Å². The van der Waals surface area contributed by atoms with Crippen molar-refractivity contribution < 1.29 is 19.4 Å². The van der Waals surface area contributed by atoms with E-state index >= 15 is 0 Å². The molecule has 0 aliphatic heterocycles. The Balaban J connectivity index is 2.54. The minimum Gasteiger partial charge on any atom is -0.497 e. The molecule has 6 nitrogen and oxygen atoms in total. The van der Waals surface area contributed by atoms with Crippen LogP contribution in [-0.4, -0.2) is 38.0 Å². The van der Waals surface area contributed by atoms with Gasteiger partial charge in [0.1, 0.15) is 11.5 Å². The second-order valence-electron chi connectivity index (χ2n) is 5.13. The molecule has 2 amide bonds. The molecule has 1 rings (SSSR count). The lowest BCUT2D eigenvalue weighted by Crippen LogP contribution is -2.33. The number of rotatable bonds is 7. The van der Waals surface area contributed by atoms with E-state index in [0.29, 0.717) is 30.2 Å². The predicted octanol–water partition coefficient (Wildman–Crippen LogP) is 2.23. The number of aliphatic hydroxyl groups is 1. The van der Waals surface area contributed by atoms with Crippen molar-refractivity contribution in [3.05, 3.63) is 18.2 Å². The van der Waals surface area contributed by atoms with Gasteiger partial charge in [0.25, 0.3) is 0 Å². The number of ether oxygens (including phenoxy) is 2. The second kappa shape index (κ2) is 8.36. The molecule has 1 aromatic rings. The first kappa shape index (κ1) is 17.1. The van der Waals surface area contributed by atoms with Crippen molar-refractivity contribution in [1.82, 2.24) is 5.32 Å². The fraction of sp³-hybridized carbons (Fsp3) is 0.533. The summed E-state index contributed by atoms with van der Waals surface area (Å²) in [4.78, 5) is 11.8. The quantitative estimate of drug-likeness (QED) is 0.721. The summed E-state index contributed by atoms with van der Waals surface area (Å²) in [5.41, 5.74) is 0.590. The highest BCUT2D eigenvalue weighted by Crippen LogP contribution is 2.25. The van der Waals surface area contributed by atoms with Crippen LogP contribution in [0.25, 0.3) is 0 Å². The maximum atomic E-state index is 11.8. The molecule has 0 aliphatic rings. The van der Waals surface area contributed by atoms with Crippen LogP contribution in [0.15, 0.2) is 18.2 Å². The fourth-order valence-corrected chi connectivity index (χ4v) is 1.99. The van der Waals surface area contributed by atoms with Crippen molar-refractivity contribution in [2.24, 2.45) is 5.92 Å². The number of benzene rings is 1. The van der Waals surface area contributed by atoms with Gasteiger partial charge in [0.05, 0.1) is 20.3 Å². The predicted molar refractivity (Wildman–Crippen MR) is 82.0 cm³/mol. The minimum atomic E-state index is -0.368. The molecule has 0 radical (unpaired) electrons. The van der Waals surface area contributed by atoms with E-state index in [4.69, 9.17) is 9.47 Å². The number of urea groups is 1. The smallest absolute Gasteiger partial charge is 0.319 e. The number of methoxy groups -OCH3 is 2. The first-order valence-corrected chi connectivity index (χ1v) is 6.90. The zero-order chi connectivity index (χ0) is 15.8. The Kier molecular flexibility index (Phi) is 6.81. The zero-order valence-electron chi connectivity index (χ0n) is 13.0. The van der Waals surface area contributed by atoms with E-state index in [1.807, 2.05) is 6.92 Å². The molecule has 0 aliphatic carbocycles. The van der Waals surface area contributed by atoms with Crippen LogP contribution >= 0.6 is 0 Å². The summed E-state index contributed by atoms with van der Waals surface area (Å²) in [6.07, 6.45) is 0.278. The third-order valence-electron chi connectivity index (χ3n) is 2.96. The Morgan fingerprint density at radius 2 is 1.76 bits per heavy atom. The molecule has 118 valence electrons. The molecule has 0 aromatic heterocycles. The maximum absolute atomic E-state index is 11.8. The third-order valence-corrected chi connectivity index (χ3v) is 2.96. The van der Waals surface area contributed by atoms with Crippen molar-refractivity contribution >= 4 is 11.7 Å². The van der Waals surface area contributed by atoms with Crippen molar-refractivity contribution in [3.8, 4) is 11.5 Å². The van der Waals surface area contributed by atoms with Gasteiger partial charge in [-0.2, -0.15) is 0 Å². The highest BCUT2D eigenvalue weighted by molar-refractivity contribution is 5.89. The molecule has 0 spiro atoms. The van der Waals surface area contributed by atoms with E-state index in [2.05, 4.69) is 10.6 Å². The van der Waals surface area contributed by atoms with Crippen molar-refractivity contribution in [2.45, 2.75) is 26.4 Å². The number of hydrogen-bond donors (Lipinski definition) is 3. The molecule has 0 saturated heterocycles. The topological polar surface area (TPSA) is 79.8 Å². The number of hydrogen-bond acceptors (Lipinski definition) is 4. The normalized spacial score (nSPS) is 13.2. The molecule has 0 saturated carbocycles. The SMILES string of the molecule is COc1cc(NC(=O)NC[C@@H](C)C[C@@H](C)O)cc(OC)c1. The molecule has 3 N–H and O–H groups in total. The summed E-state index contributed by atoms with van der Waals surface area (Å²) < 4.78 is 10.3. The molecule has 1 aromatic carbocycles. The van der Waals surface area contributed by atoms with E-state index in [9.17, 15) is 9.90 Å². The van der Waals surface area contributed by atoms with Crippen LogP contribution in [0.4, 0.5) is 10.5 Å². The Labute approximate surface area is 125 Å². The van der Waals surface area contributed by atoms with E-state index in [-0.39, 0.29) is 18.1 Å². The Morgan fingerprint density at radius 1 is 1.19 bits per heavy atom. The van der Waals surface area contributed by atoms with Crippen LogP contribution in [0.5, 0.6) is 11.5 Å². The van der Waals surface area contributed by atoms with E-state index < -0.39 is 0 Å².